The average Bonchev–Trinajstić information content (AvgIpc) is 3.15. The molecule has 2 amide bonds. The first-order valence-electron chi connectivity index (χ1n) is 8.95. The van der Waals surface area contributed by atoms with Crippen molar-refractivity contribution in [3.05, 3.63) is 57.5 Å². The highest BCUT2D eigenvalue weighted by Gasteiger charge is 2.37. The minimum Gasteiger partial charge on any atom is -0.355 e. The second kappa shape index (κ2) is 8.72. The van der Waals surface area contributed by atoms with Crippen molar-refractivity contribution >= 4 is 46.5 Å². The number of rotatable bonds is 3. The Bertz CT molecular complexity index is 1110. The quantitative estimate of drug-likeness (QED) is 0.681. The van der Waals surface area contributed by atoms with Crippen molar-refractivity contribution in [1.29, 1.82) is 0 Å². The summed E-state index contributed by atoms with van der Waals surface area (Å²) < 4.78 is 40.8. The van der Waals surface area contributed by atoms with Crippen LogP contribution in [0.15, 0.2) is 35.5 Å². The topological polar surface area (TPSA) is 88.4 Å². The summed E-state index contributed by atoms with van der Waals surface area (Å²) in [6.07, 6.45) is -1.07. The van der Waals surface area contributed by atoms with E-state index in [9.17, 15) is 22.8 Å². The number of hydrogen-bond acceptors (Lipinski definition) is 4. The third-order valence-electron chi connectivity index (χ3n) is 4.46. The molecule has 1 aromatic carbocycles. The molecule has 2 heterocycles. The predicted octanol–water partition coefficient (Wildman–Crippen LogP) is 4.62. The average molecular weight is 474 g/mol. The first-order valence-corrected chi connectivity index (χ1v) is 9.71. The molecule has 1 aliphatic heterocycles. The van der Waals surface area contributed by atoms with Gasteiger partial charge in [-0.3, -0.25) is 9.59 Å². The van der Waals surface area contributed by atoms with E-state index in [4.69, 9.17) is 23.2 Å². The fourth-order valence-corrected chi connectivity index (χ4v) is 3.48. The van der Waals surface area contributed by atoms with Gasteiger partial charge in [0.25, 0.3) is 11.8 Å². The number of hydrogen-bond donors (Lipinski definition) is 2. The van der Waals surface area contributed by atoms with Crippen molar-refractivity contribution in [3.8, 4) is 0 Å². The highest BCUT2D eigenvalue weighted by molar-refractivity contribution is 6.38. The van der Waals surface area contributed by atoms with E-state index in [2.05, 4.69) is 20.7 Å². The number of allylic oxidation sites excluding steroid dienone is 1. The third kappa shape index (κ3) is 4.75. The van der Waals surface area contributed by atoms with Crippen LogP contribution in [0.4, 0.5) is 18.9 Å². The first-order chi connectivity index (χ1) is 14.5. The molecule has 12 heteroatoms. The van der Waals surface area contributed by atoms with Gasteiger partial charge >= 0.3 is 6.18 Å². The second-order valence-electron chi connectivity index (χ2n) is 6.68. The van der Waals surface area contributed by atoms with Crippen LogP contribution in [0.25, 0.3) is 0 Å². The maximum absolute atomic E-state index is 13.3. The van der Waals surface area contributed by atoms with Crippen LogP contribution >= 0.6 is 23.2 Å². The molecule has 0 radical (unpaired) electrons. The molecule has 2 N–H and O–H groups in total. The summed E-state index contributed by atoms with van der Waals surface area (Å²) in [6.45, 7) is 1.75. The SMILES string of the molecule is CNC(=O)c1cc(Cl)cc(Cl)c1NC(=O)c1cc(C(F)(F)F)nn1C1=NC=CCC1C. The van der Waals surface area contributed by atoms with Crippen LogP contribution < -0.4 is 10.6 Å². The van der Waals surface area contributed by atoms with Crippen LogP contribution in [0.5, 0.6) is 0 Å². The zero-order valence-electron chi connectivity index (χ0n) is 16.2. The van der Waals surface area contributed by atoms with E-state index in [0.29, 0.717) is 12.5 Å². The van der Waals surface area contributed by atoms with Gasteiger partial charge in [0.05, 0.1) is 16.3 Å². The van der Waals surface area contributed by atoms with Crippen molar-refractivity contribution in [3.63, 3.8) is 0 Å². The summed E-state index contributed by atoms with van der Waals surface area (Å²) in [5.74, 6) is -1.66. The van der Waals surface area contributed by atoms with Gasteiger partial charge in [-0.05, 0) is 18.6 Å². The Kier molecular flexibility index (Phi) is 6.42. The number of alkyl halides is 3. The molecule has 2 aromatic rings. The number of nitrogens with zero attached hydrogens (tertiary/aromatic N) is 3. The Morgan fingerprint density at radius 2 is 1.90 bits per heavy atom. The summed E-state index contributed by atoms with van der Waals surface area (Å²) in [5, 5.41) is 8.43. The molecule has 1 unspecified atom stereocenters. The molecule has 0 saturated heterocycles. The molecule has 0 bridgehead atoms. The molecule has 0 saturated carbocycles. The molecule has 1 atom stereocenters. The minimum atomic E-state index is -4.78. The van der Waals surface area contributed by atoms with E-state index in [-0.39, 0.29) is 33.0 Å². The van der Waals surface area contributed by atoms with E-state index in [1.165, 1.54) is 25.4 Å². The lowest BCUT2D eigenvalue weighted by Gasteiger charge is -2.18. The zero-order valence-corrected chi connectivity index (χ0v) is 17.7. The number of nitrogens with one attached hydrogen (secondary N) is 2. The Balaban J connectivity index is 2.09. The van der Waals surface area contributed by atoms with E-state index in [1.807, 2.05) is 0 Å². The Morgan fingerprint density at radius 3 is 2.52 bits per heavy atom. The van der Waals surface area contributed by atoms with Crippen molar-refractivity contribution in [2.24, 2.45) is 10.9 Å². The lowest BCUT2D eigenvalue weighted by molar-refractivity contribution is -0.141. The lowest BCUT2D eigenvalue weighted by Crippen LogP contribution is -2.29. The number of halogens is 5. The van der Waals surface area contributed by atoms with Gasteiger partial charge in [-0.2, -0.15) is 18.3 Å². The molecule has 3 rings (SSSR count). The van der Waals surface area contributed by atoms with Crippen LogP contribution in [-0.4, -0.2) is 34.5 Å². The van der Waals surface area contributed by atoms with Gasteiger partial charge in [-0.1, -0.05) is 36.2 Å². The Labute approximate surface area is 184 Å². The number of anilines is 1. The Hall–Kier alpha value is -2.85. The van der Waals surface area contributed by atoms with Gasteiger partial charge in [0.2, 0.25) is 0 Å². The van der Waals surface area contributed by atoms with Crippen LogP contribution in [-0.2, 0) is 6.18 Å². The predicted molar refractivity (Wildman–Crippen MR) is 111 cm³/mol. The number of carbonyl (C=O) groups excluding carboxylic acids is 2. The summed E-state index contributed by atoms with van der Waals surface area (Å²) in [7, 11) is 1.36. The molecular weight excluding hydrogens is 458 g/mol. The molecular formula is C19H16Cl2F3N5O2. The molecule has 164 valence electrons. The van der Waals surface area contributed by atoms with Crippen LogP contribution in [0.1, 0.15) is 39.9 Å². The maximum atomic E-state index is 13.3. The smallest absolute Gasteiger partial charge is 0.355 e. The zero-order chi connectivity index (χ0) is 22.9. The maximum Gasteiger partial charge on any atom is 0.435 e. The van der Waals surface area contributed by atoms with Gasteiger partial charge in [0.1, 0.15) is 11.5 Å². The van der Waals surface area contributed by atoms with Crippen molar-refractivity contribution in [2.75, 3.05) is 12.4 Å². The summed E-state index contributed by atoms with van der Waals surface area (Å²) in [6, 6.07) is 3.19. The fraction of sp³-hybridized carbons (Fsp3) is 0.263. The van der Waals surface area contributed by atoms with Gasteiger partial charge in [-0.25, -0.2) is 9.67 Å². The van der Waals surface area contributed by atoms with Crippen LogP contribution in [0.2, 0.25) is 10.0 Å². The summed E-state index contributed by atoms with van der Waals surface area (Å²) in [4.78, 5) is 29.3. The largest absolute Gasteiger partial charge is 0.435 e. The lowest BCUT2D eigenvalue weighted by atomic mass is 10.1. The molecule has 0 spiro atoms. The number of carbonyl (C=O) groups is 2. The van der Waals surface area contributed by atoms with Crippen LogP contribution in [0.3, 0.4) is 0 Å². The molecule has 1 aliphatic rings. The second-order valence-corrected chi connectivity index (χ2v) is 7.52. The van der Waals surface area contributed by atoms with Crippen molar-refractivity contribution in [1.82, 2.24) is 15.1 Å². The van der Waals surface area contributed by atoms with E-state index >= 15 is 0 Å². The van der Waals surface area contributed by atoms with Gasteiger partial charge < -0.3 is 10.6 Å². The molecule has 0 fully saturated rings. The number of benzene rings is 1. The summed E-state index contributed by atoms with van der Waals surface area (Å²) in [5.41, 5.74) is -1.82. The molecule has 7 nitrogen and oxygen atoms in total. The standard InChI is InChI=1S/C19H16Cl2F3N5O2/c1-9-4-3-5-26-16(9)29-13(8-14(28-29)19(22,23)24)18(31)27-15-11(17(30)25-2)6-10(20)7-12(15)21/h3,5-9H,4H2,1-2H3,(H,25,30)(H,27,31). The van der Waals surface area contributed by atoms with E-state index < -0.39 is 29.4 Å². The number of amides is 2. The van der Waals surface area contributed by atoms with Crippen molar-refractivity contribution < 1.29 is 22.8 Å². The minimum absolute atomic E-state index is 0.0539. The molecule has 0 aliphatic carbocycles. The van der Waals surface area contributed by atoms with Gasteiger partial charge in [-0.15, -0.1) is 0 Å². The van der Waals surface area contributed by atoms with Gasteiger partial charge in [0, 0.05) is 30.3 Å². The van der Waals surface area contributed by atoms with Crippen LogP contribution in [0, 0.1) is 5.92 Å². The fourth-order valence-electron chi connectivity index (χ4n) is 2.94. The first kappa shape index (κ1) is 22.8. The summed E-state index contributed by atoms with van der Waals surface area (Å²) >= 11 is 12.1. The number of aromatic nitrogens is 2. The number of aliphatic imine (C=N–C) groups is 1. The van der Waals surface area contributed by atoms with E-state index in [0.717, 1.165) is 4.68 Å². The monoisotopic (exact) mass is 473 g/mol. The van der Waals surface area contributed by atoms with Crippen molar-refractivity contribution in [2.45, 2.75) is 19.5 Å². The third-order valence-corrected chi connectivity index (χ3v) is 4.97. The molecule has 31 heavy (non-hydrogen) atoms. The Morgan fingerprint density at radius 1 is 1.19 bits per heavy atom. The van der Waals surface area contributed by atoms with Gasteiger partial charge in [0.15, 0.2) is 5.69 Å². The van der Waals surface area contributed by atoms with E-state index in [1.54, 1.807) is 13.0 Å². The highest BCUT2D eigenvalue weighted by atomic mass is 35.5. The highest BCUT2D eigenvalue weighted by Crippen LogP contribution is 2.32. The molecule has 1 aromatic heterocycles. The normalized spacial score (nSPS) is 16.1.